The van der Waals surface area contributed by atoms with Crippen LogP contribution in [0.1, 0.15) is 23.6 Å². The van der Waals surface area contributed by atoms with Crippen molar-refractivity contribution < 1.29 is 13.2 Å². The van der Waals surface area contributed by atoms with Gasteiger partial charge in [-0.2, -0.15) is 13.2 Å². The van der Waals surface area contributed by atoms with Crippen LogP contribution < -0.4 is 11.1 Å². The SMILES string of the molecule is C#CCCNC(CN)c1ccccc1C(F)(F)F. The topological polar surface area (TPSA) is 38.0 Å². The fraction of sp³-hybridized carbons (Fsp3) is 0.385. The Morgan fingerprint density at radius 3 is 2.56 bits per heavy atom. The predicted molar refractivity (Wildman–Crippen MR) is 64.7 cm³/mol. The van der Waals surface area contributed by atoms with Crippen molar-refractivity contribution in [1.29, 1.82) is 0 Å². The van der Waals surface area contributed by atoms with Crippen molar-refractivity contribution in [3.05, 3.63) is 35.4 Å². The van der Waals surface area contributed by atoms with E-state index in [0.29, 0.717) is 13.0 Å². The third-order valence-corrected chi connectivity index (χ3v) is 2.54. The molecule has 0 aliphatic rings. The summed E-state index contributed by atoms with van der Waals surface area (Å²) in [4.78, 5) is 0. The fourth-order valence-corrected chi connectivity index (χ4v) is 1.70. The lowest BCUT2D eigenvalue weighted by Gasteiger charge is -2.21. The Morgan fingerprint density at radius 2 is 2.00 bits per heavy atom. The Bertz CT molecular complexity index is 421. The van der Waals surface area contributed by atoms with Crippen molar-refractivity contribution in [2.24, 2.45) is 5.73 Å². The Labute approximate surface area is 104 Å². The smallest absolute Gasteiger partial charge is 0.329 e. The summed E-state index contributed by atoms with van der Waals surface area (Å²) in [5.74, 6) is 2.42. The zero-order chi connectivity index (χ0) is 13.6. The summed E-state index contributed by atoms with van der Waals surface area (Å²) in [7, 11) is 0. The van der Waals surface area contributed by atoms with Crippen molar-refractivity contribution in [1.82, 2.24) is 5.32 Å². The first-order chi connectivity index (χ1) is 8.50. The van der Waals surface area contributed by atoms with Gasteiger partial charge in [-0.1, -0.05) is 18.2 Å². The van der Waals surface area contributed by atoms with Crippen molar-refractivity contribution >= 4 is 0 Å². The minimum atomic E-state index is -4.38. The van der Waals surface area contributed by atoms with E-state index in [2.05, 4.69) is 11.2 Å². The molecule has 1 atom stereocenters. The zero-order valence-electron chi connectivity index (χ0n) is 9.80. The summed E-state index contributed by atoms with van der Waals surface area (Å²) in [5, 5.41) is 2.93. The Hall–Kier alpha value is -1.51. The highest BCUT2D eigenvalue weighted by Crippen LogP contribution is 2.34. The summed E-state index contributed by atoms with van der Waals surface area (Å²) in [6.45, 7) is 0.516. The van der Waals surface area contributed by atoms with Crippen LogP contribution in [0.15, 0.2) is 24.3 Å². The van der Waals surface area contributed by atoms with E-state index in [4.69, 9.17) is 12.2 Å². The second kappa shape index (κ2) is 6.43. The first-order valence-corrected chi connectivity index (χ1v) is 5.53. The zero-order valence-corrected chi connectivity index (χ0v) is 9.80. The van der Waals surface area contributed by atoms with E-state index in [0.717, 1.165) is 6.07 Å². The van der Waals surface area contributed by atoms with E-state index < -0.39 is 17.8 Å². The maximum atomic E-state index is 12.8. The Morgan fingerprint density at radius 1 is 1.33 bits per heavy atom. The van der Waals surface area contributed by atoms with Crippen LogP contribution in [-0.4, -0.2) is 13.1 Å². The molecule has 0 spiro atoms. The highest BCUT2D eigenvalue weighted by atomic mass is 19.4. The molecule has 0 saturated heterocycles. The van der Waals surface area contributed by atoms with Crippen LogP contribution in [-0.2, 0) is 6.18 Å². The molecule has 0 amide bonds. The van der Waals surface area contributed by atoms with Crippen LogP contribution in [0.25, 0.3) is 0 Å². The third-order valence-electron chi connectivity index (χ3n) is 2.54. The van der Waals surface area contributed by atoms with Crippen LogP contribution in [0.2, 0.25) is 0 Å². The van der Waals surface area contributed by atoms with Crippen molar-refractivity contribution in [2.45, 2.75) is 18.6 Å². The van der Waals surface area contributed by atoms with Crippen LogP contribution in [0.4, 0.5) is 13.2 Å². The van der Waals surface area contributed by atoms with Gasteiger partial charge in [-0.15, -0.1) is 12.3 Å². The van der Waals surface area contributed by atoms with Crippen molar-refractivity contribution in [3.63, 3.8) is 0 Å². The summed E-state index contributed by atoms with van der Waals surface area (Å²) in [5.41, 5.74) is 5.02. The Balaban J connectivity index is 2.95. The summed E-state index contributed by atoms with van der Waals surface area (Å²) in [6.07, 6.45) is 1.16. The molecule has 1 aromatic carbocycles. The van der Waals surface area contributed by atoms with E-state index in [1.807, 2.05) is 0 Å². The fourth-order valence-electron chi connectivity index (χ4n) is 1.70. The van der Waals surface area contributed by atoms with Crippen LogP contribution in [0.3, 0.4) is 0 Å². The molecule has 1 unspecified atom stereocenters. The number of hydrogen-bond donors (Lipinski definition) is 2. The van der Waals surface area contributed by atoms with Gasteiger partial charge in [-0.3, -0.25) is 0 Å². The van der Waals surface area contributed by atoms with Gasteiger partial charge in [0.15, 0.2) is 0 Å². The van der Waals surface area contributed by atoms with Gasteiger partial charge in [-0.25, -0.2) is 0 Å². The average molecular weight is 256 g/mol. The number of nitrogens with two attached hydrogens (primary N) is 1. The largest absolute Gasteiger partial charge is 0.416 e. The number of nitrogens with one attached hydrogen (secondary N) is 1. The highest BCUT2D eigenvalue weighted by molar-refractivity contribution is 5.32. The lowest BCUT2D eigenvalue weighted by molar-refractivity contribution is -0.138. The van der Waals surface area contributed by atoms with Gasteiger partial charge in [0.05, 0.1) is 5.56 Å². The number of benzene rings is 1. The van der Waals surface area contributed by atoms with Crippen LogP contribution in [0.5, 0.6) is 0 Å². The minimum absolute atomic E-state index is 0.0810. The quantitative estimate of drug-likeness (QED) is 0.626. The minimum Gasteiger partial charge on any atom is -0.329 e. The number of rotatable bonds is 5. The second-order valence-corrected chi connectivity index (χ2v) is 3.78. The summed E-state index contributed by atoms with van der Waals surface area (Å²) < 4.78 is 38.5. The molecular formula is C13H15F3N2. The van der Waals surface area contributed by atoms with Gasteiger partial charge in [-0.05, 0) is 11.6 Å². The predicted octanol–water partition coefficient (Wildman–Crippen LogP) is 2.32. The first-order valence-electron chi connectivity index (χ1n) is 5.53. The molecule has 0 aliphatic carbocycles. The molecule has 0 radical (unpaired) electrons. The molecule has 3 N–H and O–H groups in total. The third kappa shape index (κ3) is 3.76. The monoisotopic (exact) mass is 256 g/mol. The molecule has 1 aromatic rings. The molecule has 0 aliphatic heterocycles. The van der Waals surface area contributed by atoms with E-state index in [-0.39, 0.29) is 12.1 Å². The molecule has 1 rings (SSSR count). The van der Waals surface area contributed by atoms with Crippen molar-refractivity contribution in [2.75, 3.05) is 13.1 Å². The summed E-state index contributed by atoms with van der Waals surface area (Å²) >= 11 is 0. The number of halogens is 3. The lowest BCUT2D eigenvalue weighted by atomic mass is 10.00. The van der Waals surface area contributed by atoms with Gasteiger partial charge in [0.1, 0.15) is 0 Å². The highest BCUT2D eigenvalue weighted by Gasteiger charge is 2.34. The van der Waals surface area contributed by atoms with Crippen LogP contribution >= 0.6 is 0 Å². The molecule has 0 saturated carbocycles. The normalized spacial score (nSPS) is 13.1. The van der Waals surface area contributed by atoms with Gasteiger partial charge < -0.3 is 11.1 Å². The maximum absolute atomic E-state index is 12.8. The molecule has 2 nitrogen and oxygen atoms in total. The van der Waals surface area contributed by atoms with Gasteiger partial charge >= 0.3 is 6.18 Å². The van der Waals surface area contributed by atoms with E-state index in [1.54, 1.807) is 6.07 Å². The number of hydrogen-bond acceptors (Lipinski definition) is 2. The van der Waals surface area contributed by atoms with Gasteiger partial charge in [0.25, 0.3) is 0 Å². The van der Waals surface area contributed by atoms with Crippen LogP contribution in [0, 0.1) is 12.3 Å². The maximum Gasteiger partial charge on any atom is 0.416 e. The van der Waals surface area contributed by atoms with E-state index >= 15 is 0 Å². The van der Waals surface area contributed by atoms with E-state index in [9.17, 15) is 13.2 Å². The van der Waals surface area contributed by atoms with Gasteiger partial charge in [0.2, 0.25) is 0 Å². The summed E-state index contributed by atoms with van der Waals surface area (Å²) in [6, 6.07) is 4.87. The standard InChI is InChI=1S/C13H15F3N2/c1-2-3-8-18-12(9-17)10-6-4-5-7-11(10)13(14,15)16/h1,4-7,12,18H,3,8-9,17H2. The average Bonchev–Trinajstić information content (AvgIpc) is 2.34. The molecule has 5 heteroatoms. The van der Waals surface area contributed by atoms with E-state index in [1.165, 1.54) is 12.1 Å². The molecule has 0 aromatic heterocycles. The molecule has 0 fully saturated rings. The lowest BCUT2D eigenvalue weighted by Crippen LogP contribution is -2.30. The molecular weight excluding hydrogens is 241 g/mol. The molecule has 0 heterocycles. The molecule has 0 bridgehead atoms. The van der Waals surface area contributed by atoms with Crippen molar-refractivity contribution in [3.8, 4) is 12.3 Å². The molecule has 18 heavy (non-hydrogen) atoms. The second-order valence-electron chi connectivity index (χ2n) is 3.78. The molecule has 98 valence electrons. The number of terminal acetylenes is 1. The first kappa shape index (κ1) is 14.6. The Kier molecular flexibility index (Phi) is 5.20. The number of alkyl halides is 3. The van der Waals surface area contributed by atoms with Gasteiger partial charge in [0, 0.05) is 25.6 Å².